The van der Waals surface area contributed by atoms with E-state index in [9.17, 15) is 24.6 Å². The van der Waals surface area contributed by atoms with E-state index in [-0.39, 0.29) is 5.70 Å². The molecule has 2 amide bonds. The third-order valence-electron chi connectivity index (χ3n) is 4.65. The second kappa shape index (κ2) is 10.7. The number of hydrogen-bond acceptors (Lipinski definition) is 4. The van der Waals surface area contributed by atoms with Gasteiger partial charge in [-0.25, -0.2) is 4.79 Å². The van der Waals surface area contributed by atoms with E-state index in [0.717, 1.165) is 0 Å². The van der Waals surface area contributed by atoms with Crippen LogP contribution in [0.15, 0.2) is 96.7 Å². The molecule has 3 rings (SSSR count). The van der Waals surface area contributed by atoms with Gasteiger partial charge in [0.05, 0.1) is 0 Å². The Kier molecular flexibility index (Phi) is 7.51. The Hall–Kier alpha value is -4.23. The monoisotopic (exact) mass is 430 g/mol. The number of carbonyl (C=O) groups excluding carboxylic acids is 2. The summed E-state index contributed by atoms with van der Waals surface area (Å²) < 4.78 is 0. The van der Waals surface area contributed by atoms with E-state index in [4.69, 9.17) is 0 Å². The van der Waals surface area contributed by atoms with E-state index >= 15 is 0 Å². The fourth-order valence-corrected chi connectivity index (χ4v) is 3.00. The smallest absolute Gasteiger partial charge is 0.329 e. The summed E-state index contributed by atoms with van der Waals surface area (Å²) in [6, 6.07) is 23.6. The van der Waals surface area contributed by atoms with Gasteiger partial charge in [-0.1, -0.05) is 78.9 Å². The van der Waals surface area contributed by atoms with Crippen molar-refractivity contribution < 1.29 is 24.6 Å². The molecule has 0 bridgehead atoms. The van der Waals surface area contributed by atoms with Crippen LogP contribution < -0.4 is 10.6 Å². The van der Waals surface area contributed by atoms with Crippen molar-refractivity contribution in [1.29, 1.82) is 0 Å². The zero-order valence-corrected chi connectivity index (χ0v) is 17.0. The first-order valence-electron chi connectivity index (χ1n) is 9.85. The van der Waals surface area contributed by atoms with Crippen LogP contribution in [0.1, 0.15) is 27.6 Å². The molecule has 1 unspecified atom stereocenters. The topological polar surface area (TPSA) is 116 Å². The fraction of sp³-hybridized carbons (Fsp3) is 0.0800. The molecule has 2 atom stereocenters. The molecule has 162 valence electrons. The van der Waals surface area contributed by atoms with Gasteiger partial charge in [0.25, 0.3) is 11.8 Å². The highest BCUT2D eigenvalue weighted by molar-refractivity contribution is 6.06. The summed E-state index contributed by atoms with van der Waals surface area (Å²) in [5, 5.41) is 25.0. The van der Waals surface area contributed by atoms with E-state index in [1.165, 1.54) is 6.08 Å². The number of amides is 2. The molecule has 0 saturated carbocycles. The lowest BCUT2D eigenvalue weighted by molar-refractivity contribution is -0.144. The molecule has 7 nitrogen and oxygen atoms in total. The number of carbonyl (C=O) groups is 3. The van der Waals surface area contributed by atoms with Crippen LogP contribution >= 0.6 is 0 Å². The van der Waals surface area contributed by atoms with Crippen LogP contribution in [0.5, 0.6) is 0 Å². The van der Waals surface area contributed by atoms with Crippen molar-refractivity contribution in [1.82, 2.24) is 10.6 Å². The third kappa shape index (κ3) is 5.90. The third-order valence-corrected chi connectivity index (χ3v) is 4.65. The molecule has 0 fully saturated rings. The van der Waals surface area contributed by atoms with Gasteiger partial charge in [-0.05, 0) is 29.3 Å². The summed E-state index contributed by atoms with van der Waals surface area (Å²) in [7, 11) is 0. The molecule has 3 aromatic rings. The average Bonchev–Trinajstić information content (AvgIpc) is 2.83. The van der Waals surface area contributed by atoms with Crippen LogP contribution in [-0.2, 0) is 9.59 Å². The summed E-state index contributed by atoms with van der Waals surface area (Å²) in [6.45, 7) is 0. The molecule has 0 heterocycles. The lowest BCUT2D eigenvalue weighted by Gasteiger charge is -2.21. The van der Waals surface area contributed by atoms with Crippen LogP contribution in [-0.4, -0.2) is 34.0 Å². The summed E-state index contributed by atoms with van der Waals surface area (Å²) in [6.07, 6.45) is -0.0512. The van der Waals surface area contributed by atoms with E-state index in [1.807, 2.05) is 0 Å². The first-order chi connectivity index (χ1) is 15.5. The number of carboxylic acids is 1. The predicted molar refractivity (Wildman–Crippen MR) is 119 cm³/mol. The quantitative estimate of drug-likeness (QED) is 0.410. The van der Waals surface area contributed by atoms with Gasteiger partial charge in [0.1, 0.15) is 11.8 Å². The Labute approximate surface area is 185 Å². The largest absolute Gasteiger partial charge is 0.480 e. The molecule has 0 spiro atoms. The number of nitrogens with one attached hydrogen (secondary N) is 2. The van der Waals surface area contributed by atoms with Crippen molar-refractivity contribution in [2.45, 2.75) is 12.1 Å². The molecule has 0 saturated heterocycles. The van der Waals surface area contributed by atoms with E-state index < -0.39 is 29.9 Å². The van der Waals surface area contributed by atoms with E-state index in [2.05, 4.69) is 10.6 Å². The molecule has 0 aliphatic carbocycles. The van der Waals surface area contributed by atoms with Gasteiger partial charge in [-0.15, -0.1) is 0 Å². The Morgan fingerprint density at radius 2 is 1.31 bits per heavy atom. The fourth-order valence-electron chi connectivity index (χ4n) is 3.00. The van der Waals surface area contributed by atoms with Crippen LogP contribution in [0.25, 0.3) is 6.08 Å². The molecule has 0 aliphatic heterocycles. The summed E-state index contributed by atoms with van der Waals surface area (Å²) >= 11 is 0. The standard InChI is InChI=1S/C25H22N2O5/c28-22(18-12-6-2-7-13-18)21(25(31)32)27-24(30)20(16-17-10-4-1-5-11-17)26-23(29)19-14-8-3-9-15-19/h1-16,21-22,28H,(H,26,29)(H,27,30)(H,31,32)/t21-,22?/m0/s1. The highest BCUT2D eigenvalue weighted by Crippen LogP contribution is 2.17. The van der Waals surface area contributed by atoms with Crippen LogP contribution in [0.4, 0.5) is 0 Å². The van der Waals surface area contributed by atoms with Gasteiger partial charge >= 0.3 is 5.97 Å². The first kappa shape index (κ1) is 22.5. The minimum atomic E-state index is -1.63. The molecular weight excluding hydrogens is 408 g/mol. The molecule has 32 heavy (non-hydrogen) atoms. The lowest BCUT2D eigenvalue weighted by atomic mass is 10.0. The summed E-state index contributed by atoms with van der Waals surface area (Å²) in [5.74, 6) is -2.79. The Bertz CT molecular complexity index is 1100. The normalized spacial score (nSPS) is 13.0. The summed E-state index contributed by atoms with van der Waals surface area (Å²) in [5.41, 5.74) is 1.14. The molecule has 0 aliphatic rings. The summed E-state index contributed by atoms with van der Waals surface area (Å²) in [4.78, 5) is 37.4. The zero-order valence-electron chi connectivity index (χ0n) is 17.0. The average molecular weight is 430 g/mol. The molecule has 7 heteroatoms. The minimum absolute atomic E-state index is 0.156. The maximum absolute atomic E-state index is 13.0. The van der Waals surface area contributed by atoms with Gasteiger partial charge in [-0.3, -0.25) is 9.59 Å². The van der Waals surface area contributed by atoms with Crippen molar-refractivity contribution in [2.75, 3.05) is 0 Å². The number of aliphatic hydroxyl groups excluding tert-OH is 1. The van der Waals surface area contributed by atoms with Gasteiger partial charge in [-0.2, -0.15) is 0 Å². The Morgan fingerprint density at radius 1 is 0.781 bits per heavy atom. The number of carboxylic acid groups (broad SMARTS) is 1. The van der Waals surface area contributed by atoms with Gasteiger partial charge < -0.3 is 20.8 Å². The Morgan fingerprint density at radius 3 is 1.88 bits per heavy atom. The van der Waals surface area contributed by atoms with Gasteiger partial charge in [0, 0.05) is 5.56 Å². The number of aliphatic carboxylic acids is 1. The highest BCUT2D eigenvalue weighted by Gasteiger charge is 2.30. The van der Waals surface area contributed by atoms with Crippen molar-refractivity contribution in [3.8, 4) is 0 Å². The number of aliphatic hydroxyl groups is 1. The lowest BCUT2D eigenvalue weighted by Crippen LogP contribution is -2.47. The SMILES string of the molecule is O=C(N[C@H](C(=O)O)C(O)c1ccccc1)C(=Cc1ccccc1)NC(=O)c1ccccc1. The minimum Gasteiger partial charge on any atom is -0.480 e. The van der Waals surface area contributed by atoms with Crippen molar-refractivity contribution in [3.05, 3.63) is 113 Å². The number of hydrogen-bond donors (Lipinski definition) is 4. The molecule has 0 aromatic heterocycles. The second-order valence-electron chi connectivity index (χ2n) is 6.93. The predicted octanol–water partition coefficient (Wildman–Crippen LogP) is 2.76. The van der Waals surface area contributed by atoms with Gasteiger partial charge in [0.2, 0.25) is 0 Å². The van der Waals surface area contributed by atoms with Crippen molar-refractivity contribution in [3.63, 3.8) is 0 Å². The zero-order chi connectivity index (χ0) is 22.9. The molecule has 4 N–H and O–H groups in total. The number of rotatable bonds is 8. The van der Waals surface area contributed by atoms with Gasteiger partial charge in [0.15, 0.2) is 6.04 Å². The van der Waals surface area contributed by atoms with Crippen molar-refractivity contribution in [2.24, 2.45) is 0 Å². The maximum atomic E-state index is 13.0. The van der Waals surface area contributed by atoms with E-state index in [1.54, 1.807) is 91.0 Å². The molecular formula is C25H22N2O5. The Balaban J connectivity index is 1.87. The molecule has 0 radical (unpaired) electrons. The first-order valence-corrected chi connectivity index (χ1v) is 9.85. The molecule has 3 aromatic carbocycles. The van der Waals surface area contributed by atoms with Crippen LogP contribution in [0.3, 0.4) is 0 Å². The van der Waals surface area contributed by atoms with Crippen molar-refractivity contribution >= 4 is 23.9 Å². The second-order valence-corrected chi connectivity index (χ2v) is 6.93. The van der Waals surface area contributed by atoms with E-state index in [0.29, 0.717) is 16.7 Å². The highest BCUT2D eigenvalue weighted by atomic mass is 16.4. The maximum Gasteiger partial charge on any atom is 0.329 e. The number of benzene rings is 3. The van der Waals surface area contributed by atoms with Crippen LogP contribution in [0, 0.1) is 0 Å². The van der Waals surface area contributed by atoms with Crippen LogP contribution in [0.2, 0.25) is 0 Å².